The van der Waals surface area contributed by atoms with Crippen molar-refractivity contribution in [2.24, 2.45) is 0 Å². The number of para-hydroxylation sites is 6. The molecule has 0 bridgehead atoms. The molecule has 0 aliphatic carbocycles. The molecule has 2 heterocycles. The van der Waals surface area contributed by atoms with Crippen LogP contribution < -0.4 is 4.90 Å². The molecule has 0 amide bonds. The molecule has 0 fully saturated rings. The quantitative estimate of drug-likeness (QED) is 0.142. The fraction of sp³-hybridized carbons (Fsp3) is 0. The molecule has 3 heteroatoms. The first-order valence-electron chi connectivity index (χ1n) is 24.3. The van der Waals surface area contributed by atoms with E-state index in [-0.39, 0.29) is 0 Å². The Labute approximate surface area is 411 Å². The van der Waals surface area contributed by atoms with E-state index in [9.17, 15) is 0 Å². The zero-order valence-corrected chi connectivity index (χ0v) is 38.7. The van der Waals surface area contributed by atoms with E-state index in [0.717, 1.165) is 66.9 Å². The largest absolute Gasteiger partial charge is 0.455 e. The molecule has 3 nitrogen and oxygen atoms in total. The van der Waals surface area contributed by atoms with Crippen molar-refractivity contribution in [2.75, 3.05) is 4.90 Å². The van der Waals surface area contributed by atoms with Crippen LogP contribution in [-0.4, -0.2) is 4.57 Å². The molecule has 0 spiro atoms. The van der Waals surface area contributed by atoms with Gasteiger partial charge in [-0.2, -0.15) is 0 Å². The second kappa shape index (κ2) is 16.7. The summed E-state index contributed by atoms with van der Waals surface area (Å²) in [6.07, 6.45) is 0. The molecule has 0 aliphatic rings. The van der Waals surface area contributed by atoms with Crippen LogP contribution in [0.5, 0.6) is 0 Å². The minimum atomic E-state index is 0.880. The number of nitrogens with zero attached hydrogens (tertiary/aromatic N) is 2. The number of aromatic nitrogens is 1. The smallest absolute Gasteiger partial charge is 0.143 e. The summed E-state index contributed by atoms with van der Waals surface area (Å²) in [6.45, 7) is 0. The first kappa shape index (κ1) is 40.6. The van der Waals surface area contributed by atoms with Crippen LogP contribution in [0.25, 0.3) is 115 Å². The van der Waals surface area contributed by atoms with Gasteiger partial charge in [-0.25, -0.2) is 0 Å². The molecule has 0 N–H and O–H groups in total. The summed E-state index contributed by atoms with van der Waals surface area (Å²) < 4.78 is 9.13. The van der Waals surface area contributed by atoms with Gasteiger partial charge in [0.2, 0.25) is 0 Å². The van der Waals surface area contributed by atoms with E-state index < -0.39 is 0 Å². The zero-order valence-electron chi connectivity index (χ0n) is 38.7. The predicted octanol–water partition coefficient (Wildman–Crippen LogP) is 19.1. The first-order valence-corrected chi connectivity index (χ1v) is 24.3. The van der Waals surface area contributed by atoms with Gasteiger partial charge < -0.3 is 13.9 Å². The number of furan rings is 1. The number of benzene rings is 12. The van der Waals surface area contributed by atoms with Crippen LogP contribution in [-0.2, 0) is 0 Å². The minimum Gasteiger partial charge on any atom is -0.455 e. The monoisotopic (exact) mass is 904 g/mol. The van der Waals surface area contributed by atoms with Gasteiger partial charge in [-0.15, -0.1) is 0 Å². The average molecular weight is 905 g/mol. The number of hydrogen-bond acceptors (Lipinski definition) is 2. The van der Waals surface area contributed by atoms with Gasteiger partial charge in [-0.3, -0.25) is 0 Å². The molecule has 71 heavy (non-hydrogen) atoms. The number of fused-ring (bicyclic) bond motifs is 9. The fourth-order valence-corrected chi connectivity index (χ4v) is 11.2. The molecule has 0 saturated heterocycles. The Morgan fingerprint density at radius 1 is 0.296 bits per heavy atom. The van der Waals surface area contributed by atoms with Crippen LogP contribution in [0.4, 0.5) is 17.1 Å². The van der Waals surface area contributed by atoms with Gasteiger partial charge in [0, 0.05) is 49.6 Å². The third-order valence-corrected chi connectivity index (χ3v) is 14.4. The molecule has 12 aromatic carbocycles. The number of rotatable bonds is 8. The molecular formula is C68H44N2O. The Morgan fingerprint density at radius 3 is 1.65 bits per heavy atom. The van der Waals surface area contributed by atoms with Crippen LogP contribution in [0, 0.1) is 0 Å². The van der Waals surface area contributed by atoms with Crippen LogP contribution in [0.1, 0.15) is 0 Å². The highest BCUT2D eigenvalue weighted by atomic mass is 16.3. The topological polar surface area (TPSA) is 21.3 Å². The van der Waals surface area contributed by atoms with Crippen molar-refractivity contribution in [1.82, 2.24) is 4.57 Å². The lowest BCUT2D eigenvalue weighted by Crippen LogP contribution is -2.11. The Kier molecular flexibility index (Phi) is 9.53. The van der Waals surface area contributed by atoms with Crippen LogP contribution in [0.2, 0.25) is 0 Å². The van der Waals surface area contributed by atoms with E-state index in [1.807, 2.05) is 6.07 Å². The molecule has 0 saturated carbocycles. The summed E-state index contributed by atoms with van der Waals surface area (Å²) in [6, 6.07) is 96.7. The number of hydrogen-bond donors (Lipinski definition) is 0. The summed E-state index contributed by atoms with van der Waals surface area (Å²) in [5.74, 6) is 0. The summed E-state index contributed by atoms with van der Waals surface area (Å²) in [5, 5.41) is 9.68. The summed E-state index contributed by atoms with van der Waals surface area (Å²) in [4.78, 5) is 2.41. The lowest BCUT2D eigenvalue weighted by molar-refractivity contribution is 0.670. The van der Waals surface area contributed by atoms with Crippen molar-refractivity contribution in [1.29, 1.82) is 0 Å². The third kappa shape index (κ3) is 6.66. The van der Waals surface area contributed by atoms with E-state index in [4.69, 9.17) is 4.42 Å². The maximum absolute atomic E-state index is 6.70. The van der Waals surface area contributed by atoms with Crippen molar-refractivity contribution in [3.05, 3.63) is 267 Å². The van der Waals surface area contributed by atoms with E-state index in [1.165, 1.54) is 65.6 Å². The van der Waals surface area contributed by atoms with Gasteiger partial charge in [-0.1, -0.05) is 206 Å². The van der Waals surface area contributed by atoms with Crippen molar-refractivity contribution >= 4 is 82.4 Å². The van der Waals surface area contributed by atoms with Gasteiger partial charge in [-0.05, 0) is 110 Å². The van der Waals surface area contributed by atoms with Crippen molar-refractivity contribution < 1.29 is 4.42 Å². The van der Waals surface area contributed by atoms with Crippen LogP contribution >= 0.6 is 0 Å². The van der Waals surface area contributed by atoms with Gasteiger partial charge >= 0.3 is 0 Å². The minimum absolute atomic E-state index is 0.880. The third-order valence-electron chi connectivity index (χ3n) is 14.4. The molecule has 14 rings (SSSR count). The summed E-state index contributed by atoms with van der Waals surface area (Å²) in [7, 11) is 0. The fourth-order valence-electron chi connectivity index (χ4n) is 11.2. The molecular weight excluding hydrogens is 861 g/mol. The second-order valence-electron chi connectivity index (χ2n) is 18.4. The van der Waals surface area contributed by atoms with Crippen molar-refractivity contribution in [2.45, 2.75) is 0 Å². The first-order chi connectivity index (χ1) is 35.2. The SMILES string of the molecule is c1cc(-c2cc3ccccc3c3ccccc23)cc(N(c2ccc(-c3ccccc3-c3ccccc3-n3c4ccccc4c4ccccc43)cc2)c2ccccc2-c2cccc3c2oc2ccccc23)c1. The highest BCUT2D eigenvalue weighted by molar-refractivity contribution is 6.15. The molecule has 0 aliphatic heterocycles. The average Bonchev–Trinajstić information content (AvgIpc) is 4.00. The van der Waals surface area contributed by atoms with Crippen LogP contribution in [0.3, 0.4) is 0 Å². The van der Waals surface area contributed by atoms with E-state index in [0.29, 0.717) is 0 Å². The second-order valence-corrected chi connectivity index (χ2v) is 18.4. The lowest BCUT2D eigenvalue weighted by Gasteiger charge is -2.28. The standard InChI is InChI=1S/C68H44N2O/c1-2-23-51-47(19-1)44-62(54-26-6-5-24-52(51)54)46-20-17-21-49(43-46)69(63-34-12-10-30-58(63)60-32-18-33-61-59-31-11-16-38-67(59)71-68(60)61)48-41-39-45(40-42-48)50-22-3-4-25-53(50)55-27-7-13-35-64(55)70-65-36-14-8-28-56(65)57-29-9-15-37-66(57)70/h1-44H. The Morgan fingerprint density at radius 2 is 0.859 bits per heavy atom. The maximum Gasteiger partial charge on any atom is 0.143 e. The molecule has 332 valence electrons. The normalized spacial score (nSPS) is 11.7. The molecule has 0 unspecified atom stereocenters. The Balaban J connectivity index is 0.940. The predicted molar refractivity (Wildman–Crippen MR) is 299 cm³/mol. The summed E-state index contributed by atoms with van der Waals surface area (Å²) in [5.41, 5.74) is 17.6. The molecule has 0 atom stereocenters. The number of anilines is 3. The molecule has 0 radical (unpaired) electrons. The van der Waals surface area contributed by atoms with Gasteiger partial charge in [0.25, 0.3) is 0 Å². The van der Waals surface area contributed by atoms with Gasteiger partial charge in [0.15, 0.2) is 0 Å². The summed E-state index contributed by atoms with van der Waals surface area (Å²) >= 11 is 0. The van der Waals surface area contributed by atoms with Gasteiger partial charge in [0.05, 0.1) is 22.4 Å². The van der Waals surface area contributed by atoms with E-state index >= 15 is 0 Å². The molecule has 2 aromatic heterocycles. The van der Waals surface area contributed by atoms with E-state index in [1.54, 1.807) is 0 Å². The van der Waals surface area contributed by atoms with Crippen molar-refractivity contribution in [3.8, 4) is 50.2 Å². The van der Waals surface area contributed by atoms with Crippen molar-refractivity contribution in [3.63, 3.8) is 0 Å². The highest BCUT2D eigenvalue weighted by Crippen LogP contribution is 2.47. The van der Waals surface area contributed by atoms with E-state index in [2.05, 4.69) is 270 Å². The lowest BCUT2D eigenvalue weighted by atomic mass is 9.92. The zero-order chi connectivity index (χ0) is 46.8. The van der Waals surface area contributed by atoms with Crippen LogP contribution in [0.15, 0.2) is 271 Å². The molecule has 14 aromatic rings. The Bertz CT molecular complexity index is 4310. The maximum atomic E-state index is 6.70. The van der Waals surface area contributed by atoms with Gasteiger partial charge in [0.1, 0.15) is 11.2 Å². The Hall–Kier alpha value is -9.44. The highest BCUT2D eigenvalue weighted by Gasteiger charge is 2.23.